The second kappa shape index (κ2) is 5.50. The largest absolute Gasteiger partial charge is 0.345 e. The summed E-state index contributed by atoms with van der Waals surface area (Å²) in [4.78, 5) is 11.6. The molecule has 0 amide bonds. The van der Waals surface area contributed by atoms with E-state index >= 15 is 0 Å². The molecule has 1 heterocycles. The monoisotopic (exact) mass is 260 g/mol. The summed E-state index contributed by atoms with van der Waals surface area (Å²) in [6.07, 6.45) is 1.43. The lowest BCUT2D eigenvalue weighted by Gasteiger charge is -2.02. The molecule has 0 bridgehead atoms. The van der Waals surface area contributed by atoms with Crippen LogP contribution >= 0.6 is 0 Å². The lowest BCUT2D eigenvalue weighted by atomic mass is 10.1. The Morgan fingerprint density at radius 1 is 1.47 bits per heavy atom. The highest BCUT2D eigenvalue weighted by atomic mass is 19.1. The van der Waals surface area contributed by atoms with Gasteiger partial charge in [0.05, 0.1) is 18.7 Å². The number of rotatable bonds is 2. The van der Waals surface area contributed by atoms with Crippen molar-refractivity contribution in [2.75, 3.05) is 6.54 Å². The number of nitrogens with two attached hydrogens (primary N) is 1. The van der Waals surface area contributed by atoms with E-state index in [2.05, 4.69) is 16.9 Å². The van der Waals surface area contributed by atoms with Gasteiger partial charge in [-0.3, -0.25) is 4.57 Å². The van der Waals surface area contributed by atoms with Crippen molar-refractivity contribution in [1.82, 2.24) is 14.3 Å². The molecule has 2 N–H and O–H groups in total. The smallest absolute Gasteiger partial charge is 0.320 e. The van der Waals surface area contributed by atoms with Crippen LogP contribution in [0.3, 0.4) is 0 Å². The van der Waals surface area contributed by atoms with E-state index in [-0.39, 0.29) is 24.3 Å². The Kier molecular flexibility index (Phi) is 3.78. The maximum absolute atomic E-state index is 13.5. The summed E-state index contributed by atoms with van der Waals surface area (Å²) >= 11 is 0. The zero-order valence-corrected chi connectivity index (χ0v) is 10.4. The number of nitrogens with zero attached hydrogens (tertiary/aromatic N) is 3. The van der Waals surface area contributed by atoms with Crippen molar-refractivity contribution in [1.29, 1.82) is 0 Å². The minimum absolute atomic E-state index is 0.170. The topological polar surface area (TPSA) is 65.8 Å². The Balaban J connectivity index is 2.31. The highest BCUT2D eigenvalue weighted by Gasteiger charge is 2.05. The van der Waals surface area contributed by atoms with Crippen molar-refractivity contribution in [3.05, 3.63) is 52.0 Å². The van der Waals surface area contributed by atoms with Crippen LogP contribution in [0.15, 0.2) is 29.3 Å². The normalized spacial score (nSPS) is 10.1. The zero-order chi connectivity index (χ0) is 13.8. The van der Waals surface area contributed by atoms with Crippen LogP contribution in [0.2, 0.25) is 0 Å². The van der Waals surface area contributed by atoms with Crippen LogP contribution in [0, 0.1) is 17.7 Å². The summed E-state index contributed by atoms with van der Waals surface area (Å²) in [7, 11) is 1.62. The lowest BCUT2D eigenvalue weighted by molar-refractivity contribution is 0.617. The van der Waals surface area contributed by atoms with Gasteiger partial charge in [0.2, 0.25) is 0 Å². The first kappa shape index (κ1) is 13.1. The first-order valence-electron chi connectivity index (χ1n) is 5.67. The van der Waals surface area contributed by atoms with E-state index in [1.165, 1.54) is 21.6 Å². The molecule has 0 radical (unpaired) electrons. The molecule has 1 aromatic heterocycles. The summed E-state index contributed by atoms with van der Waals surface area (Å²) in [5.41, 5.74) is 6.06. The molecule has 5 nitrogen and oxygen atoms in total. The van der Waals surface area contributed by atoms with Gasteiger partial charge in [0.15, 0.2) is 0 Å². The van der Waals surface area contributed by atoms with Crippen LogP contribution < -0.4 is 11.4 Å². The van der Waals surface area contributed by atoms with Gasteiger partial charge >= 0.3 is 5.69 Å². The van der Waals surface area contributed by atoms with Gasteiger partial charge in [-0.15, -0.1) is 0 Å². The molecule has 0 saturated carbocycles. The molecule has 0 aliphatic carbocycles. The molecule has 98 valence electrons. The third-order valence-corrected chi connectivity index (χ3v) is 2.57. The van der Waals surface area contributed by atoms with Crippen LogP contribution in [0.1, 0.15) is 11.1 Å². The van der Waals surface area contributed by atoms with E-state index in [1.54, 1.807) is 19.2 Å². The highest BCUT2D eigenvalue weighted by Crippen LogP contribution is 2.10. The molecular formula is C13H13FN4O. The molecule has 0 fully saturated rings. The Labute approximate surface area is 109 Å². The first-order valence-corrected chi connectivity index (χ1v) is 5.67. The Morgan fingerprint density at radius 2 is 2.26 bits per heavy atom. The van der Waals surface area contributed by atoms with E-state index in [0.717, 1.165) is 5.56 Å². The number of aromatic nitrogens is 3. The van der Waals surface area contributed by atoms with E-state index in [1.807, 2.05) is 0 Å². The minimum Gasteiger partial charge on any atom is -0.320 e. The first-order chi connectivity index (χ1) is 9.11. The average molecular weight is 260 g/mol. The van der Waals surface area contributed by atoms with Crippen LogP contribution in [0.4, 0.5) is 4.39 Å². The quantitative estimate of drug-likeness (QED) is 0.778. The van der Waals surface area contributed by atoms with Gasteiger partial charge in [-0.1, -0.05) is 17.9 Å². The molecule has 19 heavy (non-hydrogen) atoms. The molecule has 6 heteroatoms. The Hall–Kier alpha value is -2.39. The maximum atomic E-state index is 13.5. The van der Waals surface area contributed by atoms with Gasteiger partial charge in [-0.25, -0.2) is 13.9 Å². The van der Waals surface area contributed by atoms with Gasteiger partial charge in [0.1, 0.15) is 12.1 Å². The lowest BCUT2D eigenvalue weighted by Crippen LogP contribution is -2.23. The third-order valence-electron chi connectivity index (χ3n) is 2.57. The second-order valence-corrected chi connectivity index (χ2v) is 4.00. The summed E-state index contributed by atoms with van der Waals surface area (Å²) in [6.45, 7) is 0.445. The van der Waals surface area contributed by atoms with Crippen molar-refractivity contribution >= 4 is 0 Å². The van der Waals surface area contributed by atoms with Crippen molar-refractivity contribution in [3.8, 4) is 11.8 Å². The molecule has 0 aliphatic rings. The van der Waals surface area contributed by atoms with Gasteiger partial charge < -0.3 is 5.73 Å². The molecule has 2 rings (SSSR count). The fourth-order valence-electron chi connectivity index (χ4n) is 1.61. The number of hydrogen-bond donors (Lipinski definition) is 1. The molecular weight excluding hydrogens is 247 g/mol. The Morgan fingerprint density at radius 3 is 2.89 bits per heavy atom. The summed E-state index contributed by atoms with van der Waals surface area (Å²) in [5, 5.41) is 3.94. The summed E-state index contributed by atoms with van der Waals surface area (Å²) in [5.74, 6) is 4.85. The number of aryl methyl sites for hydroxylation is 1. The van der Waals surface area contributed by atoms with Crippen LogP contribution in [0.25, 0.3) is 0 Å². The van der Waals surface area contributed by atoms with Crippen molar-refractivity contribution < 1.29 is 4.39 Å². The number of halogens is 1. The van der Waals surface area contributed by atoms with Gasteiger partial charge in [-0.2, -0.15) is 5.10 Å². The van der Waals surface area contributed by atoms with Gasteiger partial charge in [0, 0.05) is 7.05 Å². The van der Waals surface area contributed by atoms with E-state index < -0.39 is 5.82 Å². The standard InChI is InChI=1S/C13H13FN4O/c1-17-9-16-18(13(17)19)8-10-4-5-12(14)11(7-10)3-2-6-15/h4-5,7,9H,6,8,15H2,1H3. The fraction of sp³-hybridized carbons (Fsp3) is 0.231. The van der Waals surface area contributed by atoms with E-state index in [9.17, 15) is 9.18 Å². The van der Waals surface area contributed by atoms with E-state index in [0.29, 0.717) is 0 Å². The predicted molar refractivity (Wildman–Crippen MR) is 68.9 cm³/mol. The Bertz CT molecular complexity index is 705. The van der Waals surface area contributed by atoms with Crippen LogP contribution in [0.5, 0.6) is 0 Å². The predicted octanol–water partition coefficient (Wildman–Crippen LogP) is 0.0794. The summed E-state index contributed by atoms with van der Waals surface area (Å²) < 4.78 is 16.2. The fourth-order valence-corrected chi connectivity index (χ4v) is 1.61. The molecule has 1 aromatic carbocycles. The zero-order valence-electron chi connectivity index (χ0n) is 10.4. The summed E-state index contributed by atoms with van der Waals surface area (Å²) in [6, 6.07) is 4.52. The molecule has 2 aromatic rings. The van der Waals surface area contributed by atoms with Gasteiger partial charge in [-0.05, 0) is 17.7 Å². The van der Waals surface area contributed by atoms with Crippen LogP contribution in [-0.2, 0) is 13.6 Å². The third kappa shape index (κ3) is 2.89. The molecule has 0 aliphatic heterocycles. The molecule has 0 unspecified atom stereocenters. The average Bonchev–Trinajstić information content (AvgIpc) is 2.71. The molecule has 0 spiro atoms. The number of benzene rings is 1. The number of hydrogen-bond acceptors (Lipinski definition) is 3. The van der Waals surface area contributed by atoms with E-state index in [4.69, 9.17) is 5.73 Å². The highest BCUT2D eigenvalue weighted by molar-refractivity contribution is 5.38. The second-order valence-electron chi connectivity index (χ2n) is 4.00. The van der Waals surface area contributed by atoms with Crippen molar-refractivity contribution in [3.63, 3.8) is 0 Å². The molecule has 0 saturated heterocycles. The van der Waals surface area contributed by atoms with Crippen LogP contribution in [-0.4, -0.2) is 20.9 Å². The van der Waals surface area contributed by atoms with Gasteiger partial charge in [0.25, 0.3) is 0 Å². The van der Waals surface area contributed by atoms with Crippen molar-refractivity contribution in [2.24, 2.45) is 12.8 Å². The maximum Gasteiger partial charge on any atom is 0.345 e. The minimum atomic E-state index is -0.405. The van der Waals surface area contributed by atoms with Crippen molar-refractivity contribution in [2.45, 2.75) is 6.54 Å². The molecule has 0 atom stereocenters. The SMILES string of the molecule is Cn1cnn(Cc2ccc(F)c(C#CCN)c2)c1=O.